The van der Waals surface area contributed by atoms with Gasteiger partial charge in [-0.25, -0.2) is 4.98 Å². The van der Waals surface area contributed by atoms with Crippen molar-refractivity contribution < 1.29 is 0 Å². The molecule has 0 unspecified atom stereocenters. The SMILES string of the molecule is c1ccc(-c2ccc(-n3c4ccccc4c4c3ccc3c5ccccc5n(-c5nc(-c6ccccc6)nc(-c6ccc7c8ccccc8n(-c8ccccc8)c7c6)n5)c34)cc2)cc1. The van der Waals surface area contributed by atoms with Gasteiger partial charge in [-0.05, 0) is 65.7 Å². The predicted molar refractivity (Wildman–Crippen MR) is 259 cm³/mol. The highest BCUT2D eigenvalue weighted by Crippen LogP contribution is 2.42. The highest BCUT2D eigenvalue weighted by Gasteiger charge is 2.24. The molecule has 9 aromatic carbocycles. The second-order valence-corrected chi connectivity index (χ2v) is 16.0. The third-order valence-corrected chi connectivity index (χ3v) is 12.5. The summed E-state index contributed by atoms with van der Waals surface area (Å²) in [6.45, 7) is 0. The summed E-state index contributed by atoms with van der Waals surface area (Å²) in [6.07, 6.45) is 0. The lowest BCUT2D eigenvalue weighted by atomic mass is 10.1. The number of benzene rings is 9. The Hall–Kier alpha value is -8.61. The molecule has 0 radical (unpaired) electrons. The van der Waals surface area contributed by atoms with Crippen LogP contribution in [-0.4, -0.2) is 28.7 Å². The summed E-state index contributed by atoms with van der Waals surface area (Å²) in [5.74, 6) is 1.77. The van der Waals surface area contributed by atoms with Gasteiger partial charge < -0.3 is 9.13 Å². The van der Waals surface area contributed by atoms with Crippen LogP contribution in [0.5, 0.6) is 0 Å². The van der Waals surface area contributed by atoms with Crippen molar-refractivity contribution in [1.29, 1.82) is 0 Å². The molecule has 0 aliphatic carbocycles. The first-order valence-corrected chi connectivity index (χ1v) is 21.3. The van der Waals surface area contributed by atoms with Crippen LogP contribution in [0.15, 0.2) is 218 Å². The molecule has 0 aliphatic rings. The summed E-state index contributed by atoms with van der Waals surface area (Å²) in [4.78, 5) is 16.0. The van der Waals surface area contributed by atoms with Crippen molar-refractivity contribution >= 4 is 65.4 Å². The zero-order valence-electron chi connectivity index (χ0n) is 34.0. The van der Waals surface area contributed by atoms with E-state index < -0.39 is 0 Å². The number of fused-ring (bicyclic) bond motifs is 10. The van der Waals surface area contributed by atoms with Crippen LogP contribution in [0, 0.1) is 0 Å². The summed E-state index contributed by atoms with van der Waals surface area (Å²) in [5, 5.41) is 6.94. The first-order chi connectivity index (χ1) is 31.3. The quantitative estimate of drug-likeness (QED) is 0.168. The van der Waals surface area contributed by atoms with Gasteiger partial charge in [-0.2, -0.15) is 9.97 Å². The summed E-state index contributed by atoms with van der Waals surface area (Å²) in [7, 11) is 0. The molecule has 0 atom stereocenters. The summed E-state index contributed by atoms with van der Waals surface area (Å²) in [6, 6.07) is 77.3. The van der Waals surface area contributed by atoms with Crippen molar-refractivity contribution in [3.8, 4) is 51.2 Å². The molecule has 0 N–H and O–H groups in total. The Morgan fingerprint density at radius 3 is 1.43 bits per heavy atom. The molecule has 13 rings (SSSR count). The average molecular weight is 805 g/mol. The van der Waals surface area contributed by atoms with E-state index in [4.69, 9.17) is 15.0 Å². The first kappa shape index (κ1) is 35.2. The highest BCUT2D eigenvalue weighted by atomic mass is 15.2. The molecule has 0 amide bonds. The monoisotopic (exact) mass is 804 g/mol. The van der Waals surface area contributed by atoms with Crippen molar-refractivity contribution in [1.82, 2.24) is 28.7 Å². The molecule has 4 aromatic heterocycles. The van der Waals surface area contributed by atoms with Gasteiger partial charge in [0.05, 0.1) is 33.1 Å². The van der Waals surface area contributed by atoms with Crippen molar-refractivity contribution in [2.45, 2.75) is 0 Å². The van der Waals surface area contributed by atoms with E-state index in [-0.39, 0.29) is 0 Å². The van der Waals surface area contributed by atoms with E-state index in [1.165, 1.54) is 21.9 Å². The fraction of sp³-hybridized carbons (Fsp3) is 0. The maximum atomic E-state index is 5.45. The second-order valence-electron chi connectivity index (χ2n) is 16.0. The largest absolute Gasteiger partial charge is 0.309 e. The van der Waals surface area contributed by atoms with Crippen LogP contribution >= 0.6 is 0 Å². The van der Waals surface area contributed by atoms with Gasteiger partial charge in [-0.3, -0.25) is 4.57 Å². The number of hydrogen-bond acceptors (Lipinski definition) is 3. The van der Waals surface area contributed by atoms with Crippen LogP contribution in [0.25, 0.3) is 117 Å². The van der Waals surface area contributed by atoms with Crippen molar-refractivity contribution in [3.63, 3.8) is 0 Å². The van der Waals surface area contributed by atoms with E-state index in [0.717, 1.165) is 77.1 Å². The summed E-state index contributed by atoms with van der Waals surface area (Å²) >= 11 is 0. The van der Waals surface area contributed by atoms with Gasteiger partial charge in [0.2, 0.25) is 5.95 Å². The van der Waals surface area contributed by atoms with E-state index in [1.54, 1.807) is 0 Å². The molecule has 63 heavy (non-hydrogen) atoms. The molecule has 6 nitrogen and oxygen atoms in total. The Morgan fingerprint density at radius 1 is 0.270 bits per heavy atom. The average Bonchev–Trinajstić information content (AvgIpc) is 4.00. The van der Waals surface area contributed by atoms with E-state index in [0.29, 0.717) is 17.6 Å². The number of nitrogens with zero attached hydrogens (tertiary/aromatic N) is 6. The van der Waals surface area contributed by atoms with Gasteiger partial charge in [0.15, 0.2) is 11.6 Å². The van der Waals surface area contributed by atoms with Crippen LogP contribution in [0.3, 0.4) is 0 Å². The molecule has 0 spiro atoms. The minimum Gasteiger partial charge on any atom is -0.309 e. The molecule has 0 bridgehead atoms. The van der Waals surface area contributed by atoms with E-state index in [2.05, 4.69) is 214 Å². The third-order valence-electron chi connectivity index (χ3n) is 12.5. The summed E-state index contributed by atoms with van der Waals surface area (Å²) in [5.41, 5.74) is 13.0. The highest BCUT2D eigenvalue weighted by molar-refractivity contribution is 6.26. The molecule has 0 saturated heterocycles. The zero-order chi connectivity index (χ0) is 41.4. The Labute approximate surface area is 362 Å². The van der Waals surface area contributed by atoms with Crippen molar-refractivity contribution in [2.24, 2.45) is 0 Å². The number of para-hydroxylation sites is 4. The van der Waals surface area contributed by atoms with E-state index in [1.807, 2.05) is 18.2 Å². The molecule has 13 aromatic rings. The lowest BCUT2D eigenvalue weighted by molar-refractivity contribution is 0.955. The van der Waals surface area contributed by atoms with Gasteiger partial charge in [0.1, 0.15) is 0 Å². The number of hydrogen-bond donors (Lipinski definition) is 0. The molecule has 4 heterocycles. The van der Waals surface area contributed by atoms with Crippen LogP contribution in [-0.2, 0) is 0 Å². The fourth-order valence-corrected chi connectivity index (χ4v) is 9.70. The third kappa shape index (κ3) is 5.48. The normalized spacial score (nSPS) is 11.8. The summed E-state index contributed by atoms with van der Waals surface area (Å²) < 4.78 is 6.98. The van der Waals surface area contributed by atoms with Gasteiger partial charge in [0.25, 0.3) is 0 Å². The standard InChI is InChI=1S/C57H36N6/c1-4-16-37(17-5-1)38-28-31-42(32-29-38)61-50-27-15-12-24-47(50)53-51(61)35-34-46-44-23-11-14-26-49(44)63(54(46)53)57-59-55(39-18-6-2-7-19-39)58-56(60-57)40-30-33-45-43-22-10-13-25-48(43)62(52(45)36-40)41-20-8-3-9-21-41/h1-36H. The smallest absolute Gasteiger partial charge is 0.238 e. The lowest BCUT2D eigenvalue weighted by Gasteiger charge is -2.12. The maximum Gasteiger partial charge on any atom is 0.238 e. The lowest BCUT2D eigenvalue weighted by Crippen LogP contribution is -2.06. The molecular formula is C57H36N6. The molecule has 0 saturated carbocycles. The first-order valence-electron chi connectivity index (χ1n) is 21.3. The van der Waals surface area contributed by atoms with Gasteiger partial charge in [0, 0.05) is 54.8 Å². The van der Waals surface area contributed by atoms with Crippen LogP contribution in [0.4, 0.5) is 0 Å². The van der Waals surface area contributed by atoms with Crippen LogP contribution in [0.1, 0.15) is 0 Å². The van der Waals surface area contributed by atoms with Gasteiger partial charge in [-0.15, -0.1) is 0 Å². The second kappa shape index (κ2) is 14.0. The molecule has 294 valence electrons. The minimum atomic E-state index is 0.560. The van der Waals surface area contributed by atoms with E-state index >= 15 is 0 Å². The van der Waals surface area contributed by atoms with Crippen molar-refractivity contribution in [3.05, 3.63) is 218 Å². The number of aromatic nitrogens is 6. The van der Waals surface area contributed by atoms with Crippen LogP contribution in [0.2, 0.25) is 0 Å². The molecule has 6 heteroatoms. The zero-order valence-corrected chi connectivity index (χ0v) is 34.0. The molecule has 0 fully saturated rings. The Bertz CT molecular complexity index is 3880. The van der Waals surface area contributed by atoms with Crippen molar-refractivity contribution in [2.75, 3.05) is 0 Å². The topological polar surface area (TPSA) is 53.5 Å². The fourth-order valence-electron chi connectivity index (χ4n) is 9.70. The molecular weight excluding hydrogens is 769 g/mol. The minimum absolute atomic E-state index is 0.560. The Kier molecular flexibility index (Phi) is 7.80. The van der Waals surface area contributed by atoms with Gasteiger partial charge >= 0.3 is 0 Å². The van der Waals surface area contributed by atoms with Crippen LogP contribution < -0.4 is 0 Å². The maximum absolute atomic E-state index is 5.45. The van der Waals surface area contributed by atoms with E-state index in [9.17, 15) is 0 Å². The Morgan fingerprint density at radius 2 is 0.730 bits per heavy atom. The Balaban J connectivity index is 1.09. The molecule has 0 aliphatic heterocycles. The predicted octanol–water partition coefficient (Wildman–Crippen LogP) is 14.2. The van der Waals surface area contributed by atoms with Gasteiger partial charge in [-0.1, -0.05) is 164 Å². The number of rotatable bonds is 6.